The lowest BCUT2D eigenvalue weighted by Gasteiger charge is -2.45. The number of nitrogens with zero attached hydrogens (tertiary/aromatic N) is 3. The van der Waals surface area contributed by atoms with Crippen LogP contribution in [0.5, 0.6) is 0 Å². The summed E-state index contributed by atoms with van der Waals surface area (Å²) in [6.45, 7) is 5.11. The van der Waals surface area contributed by atoms with Gasteiger partial charge in [0.15, 0.2) is 0 Å². The number of ether oxygens (including phenoxy) is 1. The van der Waals surface area contributed by atoms with E-state index in [2.05, 4.69) is 22.1 Å². The molecular weight excluding hydrogens is 244 g/mol. The first kappa shape index (κ1) is 12.6. The molecule has 2 aliphatic rings. The Morgan fingerprint density at radius 2 is 2.37 bits per heavy atom. The molecule has 6 heteroatoms. The first-order chi connectivity index (χ1) is 9.15. The van der Waals surface area contributed by atoms with Crippen LogP contribution in [0.25, 0.3) is 0 Å². The van der Waals surface area contributed by atoms with Crippen LogP contribution in [0.1, 0.15) is 22.6 Å². The second-order valence-electron chi connectivity index (χ2n) is 5.43. The van der Waals surface area contributed by atoms with Crippen molar-refractivity contribution in [2.75, 3.05) is 33.3 Å². The van der Waals surface area contributed by atoms with Crippen LogP contribution >= 0.6 is 0 Å². The summed E-state index contributed by atoms with van der Waals surface area (Å²) in [5.41, 5.74) is 1.42. The lowest BCUT2D eigenvalue weighted by molar-refractivity contribution is -0.0894. The Hall–Kier alpha value is -1.40. The number of aryl methyl sites for hydroxylation is 1. The molecule has 0 unspecified atom stereocenters. The zero-order valence-corrected chi connectivity index (χ0v) is 11.4. The summed E-state index contributed by atoms with van der Waals surface area (Å²) >= 11 is 0. The van der Waals surface area contributed by atoms with Crippen molar-refractivity contribution in [3.8, 4) is 0 Å². The molecule has 2 saturated heterocycles. The van der Waals surface area contributed by atoms with Crippen molar-refractivity contribution < 1.29 is 9.53 Å². The molecule has 104 valence electrons. The second-order valence-corrected chi connectivity index (χ2v) is 5.43. The van der Waals surface area contributed by atoms with E-state index in [0.29, 0.717) is 11.7 Å². The smallest absolute Gasteiger partial charge is 0.274 e. The van der Waals surface area contributed by atoms with Crippen LogP contribution in [0, 0.1) is 6.92 Å². The third kappa shape index (κ3) is 2.37. The fraction of sp³-hybridized carbons (Fsp3) is 0.692. The summed E-state index contributed by atoms with van der Waals surface area (Å²) in [6, 6.07) is 2.11. The molecule has 0 aliphatic carbocycles. The molecule has 3 rings (SSSR count). The number of amides is 1. The van der Waals surface area contributed by atoms with Crippen LogP contribution in [-0.2, 0) is 4.74 Å². The third-order valence-electron chi connectivity index (χ3n) is 4.07. The van der Waals surface area contributed by atoms with Gasteiger partial charge >= 0.3 is 0 Å². The monoisotopic (exact) mass is 264 g/mol. The maximum Gasteiger partial charge on any atom is 0.274 e. The average Bonchev–Trinajstić information content (AvgIpc) is 2.85. The maximum atomic E-state index is 12.4. The largest absolute Gasteiger partial charge is 0.375 e. The van der Waals surface area contributed by atoms with Gasteiger partial charge in [-0.2, -0.15) is 5.10 Å². The van der Waals surface area contributed by atoms with E-state index in [-0.39, 0.29) is 12.0 Å². The Balaban J connectivity index is 1.71. The number of rotatable bonds is 1. The first-order valence-electron chi connectivity index (χ1n) is 6.78. The molecule has 0 bridgehead atoms. The number of nitrogens with one attached hydrogen (secondary N) is 1. The lowest BCUT2D eigenvalue weighted by atomic mass is 9.99. The van der Waals surface area contributed by atoms with E-state index in [1.165, 1.54) is 0 Å². The van der Waals surface area contributed by atoms with Gasteiger partial charge in [0, 0.05) is 25.3 Å². The molecule has 0 spiro atoms. The zero-order chi connectivity index (χ0) is 13.4. The summed E-state index contributed by atoms with van der Waals surface area (Å²) in [6.07, 6.45) is 1.17. The first-order valence-corrected chi connectivity index (χ1v) is 6.78. The number of carbonyl (C=O) groups excluding carboxylic acids is 1. The molecule has 1 N–H and O–H groups in total. The van der Waals surface area contributed by atoms with Gasteiger partial charge in [0.05, 0.1) is 18.8 Å². The van der Waals surface area contributed by atoms with E-state index >= 15 is 0 Å². The van der Waals surface area contributed by atoms with Crippen molar-refractivity contribution in [1.29, 1.82) is 0 Å². The highest BCUT2D eigenvalue weighted by Gasteiger charge is 2.37. The normalized spacial score (nSPS) is 28.2. The standard InChI is InChI=1S/C13H20N4O2/c1-9-7-10(15-14-9)13(18)17-4-3-12-11(8-17)16(2)5-6-19-12/h7,11-12H,3-6,8H2,1-2H3,(H,14,15)/t11-,12-/m0/s1. The molecular formula is C13H20N4O2. The summed E-state index contributed by atoms with van der Waals surface area (Å²) < 4.78 is 5.79. The molecule has 6 nitrogen and oxygen atoms in total. The number of hydrogen-bond donors (Lipinski definition) is 1. The number of likely N-dealkylation sites (tertiary alicyclic amines) is 1. The van der Waals surface area contributed by atoms with Crippen LogP contribution < -0.4 is 0 Å². The van der Waals surface area contributed by atoms with E-state index < -0.39 is 0 Å². The summed E-state index contributed by atoms with van der Waals surface area (Å²) in [4.78, 5) is 16.6. The number of aromatic nitrogens is 2. The Bertz CT molecular complexity index is 473. The number of fused-ring (bicyclic) bond motifs is 1. The summed E-state index contributed by atoms with van der Waals surface area (Å²) in [7, 11) is 2.10. The SMILES string of the molecule is Cc1cc(C(=O)N2CC[C@@H]3OCCN(C)[C@H]3C2)n[nH]1. The summed E-state index contributed by atoms with van der Waals surface area (Å²) in [5.74, 6) is 0.0155. The number of H-pyrrole nitrogens is 1. The van der Waals surface area contributed by atoms with Gasteiger partial charge in [-0.3, -0.25) is 14.8 Å². The van der Waals surface area contributed by atoms with E-state index in [9.17, 15) is 4.79 Å². The number of hydrogen-bond acceptors (Lipinski definition) is 4. The van der Waals surface area contributed by atoms with E-state index in [1.807, 2.05) is 11.8 Å². The summed E-state index contributed by atoms with van der Waals surface area (Å²) in [5, 5.41) is 6.87. The van der Waals surface area contributed by atoms with Gasteiger partial charge in [-0.1, -0.05) is 0 Å². The maximum absolute atomic E-state index is 12.4. The molecule has 1 aromatic rings. The molecule has 0 saturated carbocycles. The van der Waals surface area contributed by atoms with Crippen molar-refractivity contribution in [3.63, 3.8) is 0 Å². The van der Waals surface area contributed by atoms with E-state index in [1.54, 1.807) is 6.07 Å². The van der Waals surface area contributed by atoms with Gasteiger partial charge in [0.25, 0.3) is 5.91 Å². The fourth-order valence-electron chi connectivity index (χ4n) is 2.92. The minimum Gasteiger partial charge on any atom is -0.375 e. The van der Waals surface area contributed by atoms with Gasteiger partial charge in [-0.05, 0) is 26.5 Å². The molecule has 3 heterocycles. The van der Waals surface area contributed by atoms with Crippen LogP contribution in [0.2, 0.25) is 0 Å². The number of carbonyl (C=O) groups is 1. The second kappa shape index (κ2) is 4.94. The van der Waals surface area contributed by atoms with Gasteiger partial charge in [0.1, 0.15) is 5.69 Å². The molecule has 1 aromatic heterocycles. The molecule has 2 atom stereocenters. The van der Waals surface area contributed by atoms with Crippen molar-refractivity contribution in [2.45, 2.75) is 25.5 Å². The quantitative estimate of drug-likeness (QED) is 0.790. The number of morpholine rings is 1. The zero-order valence-electron chi connectivity index (χ0n) is 11.4. The molecule has 2 fully saturated rings. The molecule has 19 heavy (non-hydrogen) atoms. The molecule has 1 amide bonds. The molecule has 2 aliphatic heterocycles. The van der Waals surface area contributed by atoms with Gasteiger partial charge in [-0.15, -0.1) is 0 Å². The van der Waals surface area contributed by atoms with Gasteiger partial charge in [-0.25, -0.2) is 0 Å². The van der Waals surface area contributed by atoms with E-state index in [0.717, 1.165) is 38.4 Å². The Kier molecular flexibility index (Phi) is 3.28. The predicted molar refractivity (Wildman–Crippen MR) is 70.0 cm³/mol. The highest BCUT2D eigenvalue weighted by Crippen LogP contribution is 2.22. The van der Waals surface area contributed by atoms with Crippen LogP contribution in [0.3, 0.4) is 0 Å². The Labute approximate surface area is 112 Å². The minimum absolute atomic E-state index is 0.0155. The molecule has 0 aromatic carbocycles. The van der Waals surface area contributed by atoms with Crippen LogP contribution in [0.15, 0.2) is 6.07 Å². The topological polar surface area (TPSA) is 61.5 Å². The van der Waals surface area contributed by atoms with Gasteiger partial charge < -0.3 is 9.64 Å². The fourth-order valence-corrected chi connectivity index (χ4v) is 2.92. The van der Waals surface area contributed by atoms with Crippen molar-refractivity contribution in [2.24, 2.45) is 0 Å². The van der Waals surface area contributed by atoms with Crippen LogP contribution in [0.4, 0.5) is 0 Å². The van der Waals surface area contributed by atoms with Crippen molar-refractivity contribution in [3.05, 3.63) is 17.5 Å². The van der Waals surface area contributed by atoms with Crippen LogP contribution in [-0.4, -0.2) is 71.3 Å². The average molecular weight is 264 g/mol. The van der Waals surface area contributed by atoms with Crippen molar-refractivity contribution >= 4 is 5.91 Å². The predicted octanol–water partition coefficient (Wildman–Crippen LogP) is 0.263. The molecule has 0 radical (unpaired) electrons. The van der Waals surface area contributed by atoms with Gasteiger partial charge in [0.2, 0.25) is 0 Å². The highest BCUT2D eigenvalue weighted by molar-refractivity contribution is 5.92. The lowest BCUT2D eigenvalue weighted by Crippen LogP contribution is -2.59. The van der Waals surface area contributed by atoms with E-state index in [4.69, 9.17) is 4.74 Å². The minimum atomic E-state index is 0.0155. The number of likely N-dealkylation sites (N-methyl/N-ethyl adjacent to an activating group) is 1. The number of piperidine rings is 1. The van der Waals surface area contributed by atoms with Crippen molar-refractivity contribution in [1.82, 2.24) is 20.0 Å². The third-order valence-corrected chi connectivity index (χ3v) is 4.07. The Morgan fingerprint density at radius 3 is 3.11 bits per heavy atom. The number of aromatic amines is 1. The Morgan fingerprint density at radius 1 is 1.53 bits per heavy atom. The highest BCUT2D eigenvalue weighted by atomic mass is 16.5.